The molecule has 0 heterocycles. The van der Waals surface area contributed by atoms with Crippen molar-refractivity contribution in [3.8, 4) is 0 Å². The van der Waals surface area contributed by atoms with Crippen molar-refractivity contribution >= 4 is 23.4 Å². The number of nitrogens with one attached hydrogen (secondary N) is 1. The molecular weight excluding hydrogens is 325 g/mol. The van der Waals surface area contributed by atoms with E-state index in [0.717, 1.165) is 0 Å². The van der Waals surface area contributed by atoms with Gasteiger partial charge in [0, 0.05) is 17.7 Å². The van der Waals surface area contributed by atoms with E-state index in [2.05, 4.69) is 10.5 Å². The molecule has 0 bridgehead atoms. The van der Waals surface area contributed by atoms with Crippen LogP contribution in [-0.2, 0) is 11.2 Å². The molecule has 0 spiro atoms. The number of carbonyl (C=O) groups excluding carboxylic acids is 1. The Hall–Kier alpha value is -3.35. The molecule has 0 aliphatic rings. The van der Waals surface area contributed by atoms with Crippen LogP contribution in [0.15, 0.2) is 59.7 Å². The maximum atomic E-state index is 13.5. The second-order valence-corrected chi connectivity index (χ2v) is 5.24. The zero-order chi connectivity index (χ0) is 18.2. The van der Waals surface area contributed by atoms with Crippen LogP contribution in [0.4, 0.5) is 10.1 Å². The molecule has 1 N–H and O–H groups in total. The van der Waals surface area contributed by atoms with Crippen molar-refractivity contribution in [1.29, 1.82) is 0 Å². The molecule has 2 rings (SSSR count). The fourth-order valence-corrected chi connectivity index (χ4v) is 1.97. The lowest BCUT2D eigenvalue weighted by molar-refractivity contribution is -0.384. The largest absolute Gasteiger partial charge is 0.273 e. The first kappa shape index (κ1) is 18.0. The summed E-state index contributed by atoms with van der Waals surface area (Å²) in [6.07, 6.45) is 3.20. The number of nitro benzene ring substituents is 1. The topological polar surface area (TPSA) is 84.6 Å². The van der Waals surface area contributed by atoms with E-state index in [1.807, 2.05) is 0 Å². The van der Waals surface area contributed by atoms with E-state index < -0.39 is 4.92 Å². The van der Waals surface area contributed by atoms with Crippen molar-refractivity contribution in [3.05, 3.63) is 81.7 Å². The molecule has 0 atom stereocenters. The number of carbonyl (C=O) groups is 1. The molecule has 0 radical (unpaired) electrons. The molecule has 0 aliphatic carbocycles. The number of benzene rings is 2. The van der Waals surface area contributed by atoms with E-state index in [0.29, 0.717) is 16.8 Å². The summed E-state index contributed by atoms with van der Waals surface area (Å²) in [5.41, 5.74) is 3.92. The van der Waals surface area contributed by atoms with E-state index in [-0.39, 0.29) is 23.8 Å². The lowest BCUT2D eigenvalue weighted by atomic mass is 10.1. The van der Waals surface area contributed by atoms with Crippen LogP contribution < -0.4 is 5.43 Å². The fraction of sp³-hybridized carbons (Fsp3) is 0.111. The average molecular weight is 341 g/mol. The summed E-state index contributed by atoms with van der Waals surface area (Å²) in [7, 11) is 0. The SMILES string of the molecule is CC(/C=C/c1ccccc1F)=N\NC(=O)Cc1ccc([N+](=O)[O-])cc1. The van der Waals surface area contributed by atoms with Crippen LogP contribution in [0.1, 0.15) is 18.1 Å². The molecule has 0 saturated carbocycles. The standard InChI is InChI=1S/C18H16FN3O3/c1-13(6-9-15-4-2-3-5-17(15)19)20-21-18(23)12-14-7-10-16(11-8-14)22(24)25/h2-11H,12H2,1H3,(H,21,23)/b9-6+,20-13+. The molecule has 2 aromatic carbocycles. The van der Waals surface area contributed by atoms with Crippen LogP contribution in [0, 0.1) is 15.9 Å². The molecular formula is C18H16FN3O3. The Morgan fingerprint density at radius 3 is 2.56 bits per heavy atom. The van der Waals surface area contributed by atoms with Gasteiger partial charge in [-0.25, -0.2) is 9.82 Å². The van der Waals surface area contributed by atoms with Gasteiger partial charge >= 0.3 is 0 Å². The Labute approximate surface area is 143 Å². The van der Waals surface area contributed by atoms with Crippen LogP contribution in [0.5, 0.6) is 0 Å². The normalized spacial score (nSPS) is 11.5. The third-order valence-corrected chi connectivity index (χ3v) is 3.28. The van der Waals surface area contributed by atoms with Gasteiger partial charge in [-0.05, 0) is 24.6 Å². The number of halogens is 1. The Morgan fingerprint density at radius 1 is 1.24 bits per heavy atom. The number of rotatable bonds is 6. The van der Waals surface area contributed by atoms with E-state index >= 15 is 0 Å². The number of nitro groups is 1. The molecule has 0 unspecified atom stereocenters. The number of allylic oxidation sites excluding steroid dienone is 1. The number of hydrogen-bond donors (Lipinski definition) is 1. The molecule has 1 amide bonds. The molecule has 6 nitrogen and oxygen atoms in total. The fourth-order valence-electron chi connectivity index (χ4n) is 1.97. The average Bonchev–Trinajstić information content (AvgIpc) is 2.59. The number of nitrogens with zero attached hydrogens (tertiary/aromatic N) is 2. The highest BCUT2D eigenvalue weighted by atomic mass is 19.1. The van der Waals surface area contributed by atoms with Gasteiger partial charge in [0.25, 0.3) is 5.69 Å². The summed E-state index contributed by atoms with van der Waals surface area (Å²) in [5.74, 6) is -0.693. The second-order valence-electron chi connectivity index (χ2n) is 5.24. The van der Waals surface area contributed by atoms with Gasteiger partial charge in [-0.2, -0.15) is 5.10 Å². The molecule has 0 fully saturated rings. The third-order valence-electron chi connectivity index (χ3n) is 3.28. The monoisotopic (exact) mass is 341 g/mol. The first-order valence-electron chi connectivity index (χ1n) is 7.45. The van der Waals surface area contributed by atoms with Crippen LogP contribution in [0.3, 0.4) is 0 Å². The van der Waals surface area contributed by atoms with Gasteiger partial charge in [0.2, 0.25) is 5.91 Å². The summed E-state index contributed by atoms with van der Waals surface area (Å²) in [6, 6.07) is 12.0. The molecule has 0 saturated heterocycles. The molecule has 128 valence electrons. The summed E-state index contributed by atoms with van der Waals surface area (Å²) in [6.45, 7) is 1.67. The lowest BCUT2D eigenvalue weighted by Gasteiger charge is -2.01. The smallest absolute Gasteiger partial charge is 0.269 e. The summed E-state index contributed by atoms with van der Waals surface area (Å²) in [5, 5.41) is 14.5. The first-order valence-corrected chi connectivity index (χ1v) is 7.45. The molecule has 0 aromatic heterocycles. The highest BCUT2D eigenvalue weighted by Gasteiger charge is 2.06. The van der Waals surface area contributed by atoms with Crippen molar-refractivity contribution in [3.63, 3.8) is 0 Å². The quantitative estimate of drug-likeness (QED) is 0.496. The Kier molecular flexibility index (Phi) is 6.11. The van der Waals surface area contributed by atoms with Gasteiger partial charge in [0.1, 0.15) is 5.82 Å². The molecule has 0 aliphatic heterocycles. The highest BCUT2D eigenvalue weighted by Crippen LogP contribution is 2.12. The second kappa shape index (κ2) is 8.49. The predicted molar refractivity (Wildman–Crippen MR) is 93.5 cm³/mol. The Bertz CT molecular complexity index is 830. The molecule has 7 heteroatoms. The minimum absolute atomic E-state index is 0.0312. The van der Waals surface area contributed by atoms with Crippen molar-refractivity contribution in [2.45, 2.75) is 13.3 Å². The van der Waals surface area contributed by atoms with Crippen LogP contribution in [0.2, 0.25) is 0 Å². The van der Waals surface area contributed by atoms with Gasteiger partial charge < -0.3 is 0 Å². The van der Waals surface area contributed by atoms with E-state index in [4.69, 9.17) is 0 Å². The van der Waals surface area contributed by atoms with Crippen molar-refractivity contribution in [2.75, 3.05) is 0 Å². The molecule has 2 aromatic rings. The zero-order valence-electron chi connectivity index (χ0n) is 13.5. The van der Waals surface area contributed by atoms with E-state index in [9.17, 15) is 19.3 Å². The number of non-ortho nitro benzene ring substituents is 1. The van der Waals surface area contributed by atoms with Crippen LogP contribution in [-0.4, -0.2) is 16.5 Å². The van der Waals surface area contributed by atoms with Gasteiger partial charge in [-0.15, -0.1) is 0 Å². The van der Waals surface area contributed by atoms with Gasteiger partial charge in [-0.1, -0.05) is 36.4 Å². The number of hydrogen-bond acceptors (Lipinski definition) is 4. The first-order chi connectivity index (χ1) is 12.0. The third kappa shape index (κ3) is 5.65. The van der Waals surface area contributed by atoms with E-state index in [1.165, 1.54) is 30.3 Å². The maximum absolute atomic E-state index is 13.5. The predicted octanol–water partition coefficient (Wildman–Crippen LogP) is 3.48. The van der Waals surface area contributed by atoms with Crippen LogP contribution >= 0.6 is 0 Å². The maximum Gasteiger partial charge on any atom is 0.269 e. The summed E-state index contributed by atoms with van der Waals surface area (Å²) < 4.78 is 13.5. The van der Waals surface area contributed by atoms with Crippen molar-refractivity contribution < 1.29 is 14.1 Å². The van der Waals surface area contributed by atoms with E-state index in [1.54, 1.807) is 37.3 Å². The Morgan fingerprint density at radius 2 is 1.92 bits per heavy atom. The highest BCUT2D eigenvalue weighted by molar-refractivity contribution is 5.97. The van der Waals surface area contributed by atoms with Gasteiger partial charge in [-0.3, -0.25) is 14.9 Å². The number of hydrazone groups is 1. The minimum Gasteiger partial charge on any atom is -0.273 e. The lowest BCUT2D eigenvalue weighted by Crippen LogP contribution is -2.20. The van der Waals surface area contributed by atoms with Gasteiger partial charge in [0.15, 0.2) is 0 Å². The Balaban J connectivity index is 1.90. The van der Waals surface area contributed by atoms with Crippen molar-refractivity contribution in [2.24, 2.45) is 5.10 Å². The zero-order valence-corrected chi connectivity index (χ0v) is 13.5. The van der Waals surface area contributed by atoms with Crippen molar-refractivity contribution in [1.82, 2.24) is 5.43 Å². The number of amides is 1. The van der Waals surface area contributed by atoms with Crippen LogP contribution in [0.25, 0.3) is 6.08 Å². The molecule has 25 heavy (non-hydrogen) atoms. The summed E-state index contributed by atoms with van der Waals surface area (Å²) >= 11 is 0. The minimum atomic E-state index is -0.501. The van der Waals surface area contributed by atoms with Gasteiger partial charge in [0.05, 0.1) is 17.1 Å². The summed E-state index contributed by atoms with van der Waals surface area (Å²) in [4.78, 5) is 21.9.